The van der Waals surface area contributed by atoms with Gasteiger partial charge >= 0.3 is 6.03 Å². The zero-order chi connectivity index (χ0) is 16.1. The summed E-state index contributed by atoms with van der Waals surface area (Å²) in [7, 11) is 0. The van der Waals surface area contributed by atoms with E-state index in [0.29, 0.717) is 5.92 Å². The Morgan fingerprint density at radius 2 is 2.09 bits per heavy atom. The number of aryl methyl sites for hydroxylation is 2. The van der Waals surface area contributed by atoms with E-state index in [9.17, 15) is 4.79 Å². The van der Waals surface area contributed by atoms with Crippen molar-refractivity contribution in [2.75, 3.05) is 19.6 Å². The van der Waals surface area contributed by atoms with Gasteiger partial charge in [0.1, 0.15) is 0 Å². The van der Waals surface area contributed by atoms with Gasteiger partial charge in [-0.2, -0.15) is 0 Å². The number of carbonyl (C=O) groups excluding carboxylic acids is 1. The van der Waals surface area contributed by atoms with Crippen LogP contribution in [0.1, 0.15) is 37.0 Å². The molecule has 1 aromatic carbocycles. The number of carbonyl (C=O) groups is 1. The number of likely N-dealkylation sites (tertiary alicyclic amines) is 1. The van der Waals surface area contributed by atoms with Crippen LogP contribution in [-0.4, -0.2) is 36.6 Å². The number of nitrogens with one attached hydrogen (secondary N) is 2. The zero-order valence-corrected chi connectivity index (χ0v) is 14.3. The minimum absolute atomic E-state index is 0.0531. The molecule has 1 aromatic rings. The van der Waals surface area contributed by atoms with E-state index in [2.05, 4.69) is 47.6 Å². The summed E-state index contributed by atoms with van der Waals surface area (Å²) in [5.74, 6) is 0.560. The van der Waals surface area contributed by atoms with E-state index < -0.39 is 0 Å². The minimum atomic E-state index is -0.0531. The van der Waals surface area contributed by atoms with Crippen molar-refractivity contribution in [1.82, 2.24) is 15.5 Å². The molecule has 0 bridgehead atoms. The van der Waals surface area contributed by atoms with Gasteiger partial charge in [-0.05, 0) is 63.3 Å². The molecule has 2 amide bonds. The van der Waals surface area contributed by atoms with E-state index in [1.807, 2.05) is 13.8 Å². The number of rotatable bonds is 5. The fourth-order valence-corrected chi connectivity index (χ4v) is 2.93. The van der Waals surface area contributed by atoms with Crippen LogP contribution in [0.5, 0.6) is 0 Å². The molecule has 0 spiro atoms. The Labute approximate surface area is 134 Å². The smallest absolute Gasteiger partial charge is 0.314 e. The topological polar surface area (TPSA) is 44.4 Å². The van der Waals surface area contributed by atoms with Crippen LogP contribution in [0.2, 0.25) is 0 Å². The number of hydrogen-bond donors (Lipinski definition) is 2. The summed E-state index contributed by atoms with van der Waals surface area (Å²) in [5, 5.41) is 5.85. The van der Waals surface area contributed by atoms with Crippen LogP contribution in [0.3, 0.4) is 0 Å². The fraction of sp³-hybridized carbons (Fsp3) is 0.611. The van der Waals surface area contributed by atoms with Gasteiger partial charge in [0.2, 0.25) is 0 Å². The maximum Gasteiger partial charge on any atom is 0.314 e. The van der Waals surface area contributed by atoms with Gasteiger partial charge in [0.25, 0.3) is 0 Å². The van der Waals surface area contributed by atoms with Gasteiger partial charge in [0, 0.05) is 25.7 Å². The first-order chi connectivity index (χ1) is 10.4. The highest BCUT2D eigenvalue weighted by molar-refractivity contribution is 5.74. The van der Waals surface area contributed by atoms with Crippen LogP contribution < -0.4 is 10.6 Å². The third kappa shape index (κ3) is 5.02. The molecule has 0 aliphatic carbocycles. The lowest BCUT2D eigenvalue weighted by atomic mass is 10.1. The maximum absolute atomic E-state index is 11.6. The first-order valence-corrected chi connectivity index (χ1v) is 8.27. The molecule has 0 saturated carbocycles. The average molecular weight is 303 g/mol. The Kier molecular flexibility index (Phi) is 5.83. The average Bonchev–Trinajstić information content (AvgIpc) is 2.88. The molecule has 122 valence electrons. The second kappa shape index (κ2) is 7.63. The minimum Gasteiger partial charge on any atom is -0.338 e. The van der Waals surface area contributed by atoms with Crippen LogP contribution in [0.25, 0.3) is 0 Å². The standard InChI is InChI=1S/C18H29N3O/c1-13(2)20-18(22)19-10-17-7-8-21(12-17)11-16-6-5-14(3)15(4)9-16/h5-6,9,13,17H,7-8,10-12H2,1-4H3,(H2,19,20,22)/t17-/m1/s1. The second-order valence-corrected chi connectivity index (χ2v) is 6.82. The fourth-order valence-electron chi connectivity index (χ4n) is 2.93. The number of hydrogen-bond acceptors (Lipinski definition) is 2. The Morgan fingerprint density at radius 3 is 2.77 bits per heavy atom. The normalized spacial score (nSPS) is 18.7. The van der Waals surface area contributed by atoms with E-state index in [0.717, 1.165) is 32.6 Å². The van der Waals surface area contributed by atoms with Crippen LogP contribution in [-0.2, 0) is 6.54 Å². The molecular weight excluding hydrogens is 274 g/mol. The molecule has 2 N–H and O–H groups in total. The van der Waals surface area contributed by atoms with Crippen molar-refractivity contribution >= 4 is 6.03 Å². The molecule has 1 heterocycles. The largest absolute Gasteiger partial charge is 0.338 e. The molecule has 1 aliphatic heterocycles. The predicted octanol–water partition coefficient (Wildman–Crippen LogP) is 2.83. The highest BCUT2D eigenvalue weighted by atomic mass is 16.2. The van der Waals surface area contributed by atoms with Gasteiger partial charge < -0.3 is 10.6 Å². The van der Waals surface area contributed by atoms with Crippen LogP contribution in [0, 0.1) is 19.8 Å². The third-order valence-corrected chi connectivity index (χ3v) is 4.32. The molecule has 0 radical (unpaired) electrons. The predicted molar refractivity (Wildman–Crippen MR) is 91.0 cm³/mol. The lowest BCUT2D eigenvalue weighted by Gasteiger charge is -2.17. The van der Waals surface area contributed by atoms with Crippen molar-refractivity contribution in [3.05, 3.63) is 34.9 Å². The highest BCUT2D eigenvalue weighted by Gasteiger charge is 2.22. The first kappa shape index (κ1) is 16.8. The zero-order valence-electron chi connectivity index (χ0n) is 14.3. The van der Waals surface area contributed by atoms with E-state index in [-0.39, 0.29) is 12.1 Å². The van der Waals surface area contributed by atoms with Crippen molar-refractivity contribution in [1.29, 1.82) is 0 Å². The summed E-state index contributed by atoms with van der Waals surface area (Å²) in [5.41, 5.74) is 4.10. The highest BCUT2D eigenvalue weighted by Crippen LogP contribution is 2.19. The number of urea groups is 1. The molecule has 0 unspecified atom stereocenters. The van der Waals surface area contributed by atoms with Gasteiger partial charge in [0.05, 0.1) is 0 Å². The van der Waals surface area contributed by atoms with Gasteiger partial charge in [-0.1, -0.05) is 18.2 Å². The second-order valence-electron chi connectivity index (χ2n) is 6.82. The molecule has 0 aromatic heterocycles. The SMILES string of the molecule is Cc1ccc(CN2CC[C@H](CNC(=O)NC(C)C)C2)cc1C. The summed E-state index contributed by atoms with van der Waals surface area (Å²) >= 11 is 0. The quantitative estimate of drug-likeness (QED) is 0.878. The van der Waals surface area contributed by atoms with Crippen molar-refractivity contribution in [3.8, 4) is 0 Å². The summed E-state index contributed by atoms with van der Waals surface area (Å²) in [4.78, 5) is 14.1. The Hall–Kier alpha value is -1.55. The summed E-state index contributed by atoms with van der Waals surface area (Å²) < 4.78 is 0. The Morgan fingerprint density at radius 1 is 1.32 bits per heavy atom. The molecule has 1 fully saturated rings. The van der Waals surface area contributed by atoms with E-state index in [1.165, 1.54) is 16.7 Å². The molecule has 1 saturated heterocycles. The molecule has 1 aliphatic rings. The molecule has 2 rings (SSSR count). The monoisotopic (exact) mass is 303 g/mol. The Balaban J connectivity index is 1.75. The van der Waals surface area contributed by atoms with Crippen molar-refractivity contribution in [3.63, 3.8) is 0 Å². The lowest BCUT2D eigenvalue weighted by Crippen LogP contribution is -2.41. The lowest BCUT2D eigenvalue weighted by molar-refractivity contribution is 0.236. The molecule has 4 heteroatoms. The van der Waals surface area contributed by atoms with E-state index >= 15 is 0 Å². The maximum atomic E-state index is 11.6. The van der Waals surface area contributed by atoms with Gasteiger partial charge in [0.15, 0.2) is 0 Å². The summed E-state index contributed by atoms with van der Waals surface area (Å²) in [6.07, 6.45) is 1.16. The molecule has 4 nitrogen and oxygen atoms in total. The number of nitrogens with zero attached hydrogens (tertiary/aromatic N) is 1. The molecule has 1 atom stereocenters. The van der Waals surface area contributed by atoms with E-state index in [4.69, 9.17) is 0 Å². The van der Waals surface area contributed by atoms with Crippen molar-refractivity contribution in [2.24, 2.45) is 5.92 Å². The van der Waals surface area contributed by atoms with Gasteiger partial charge in [-0.3, -0.25) is 4.90 Å². The number of benzene rings is 1. The van der Waals surface area contributed by atoms with Crippen molar-refractivity contribution in [2.45, 2.75) is 46.7 Å². The first-order valence-electron chi connectivity index (χ1n) is 8.27. The summed E-state index contributed by atoms with van der Waals surface area (Å²) in [6, 6.07) is 6.85. The summed E-state index contributed by atoms with van der Waals surface area (Å²) in [6.45, 7) is 12.2. The Bertz CT molecular complexity index is 513. The van der Waals surface area contributed by atoms with Crippen LogP contribution >= 0.6 is 0 Å². The van der Waals surface area contributed by atoms with Crippen molar-refractivity contribution < 1.29 is 4.79 Å². The molecule has 22 heavy (non-hydrogen) atoms. The molecular formula is C18H29N3O. The third-order valence-electron chi connectivity index (χ3n) is 4.32. The number of amides is 2. The van der Waals surface area contributed by atoms with Gasteiger partial charge in [-0.15, -0.1) is 0 Å². The van der Waals surface area contributed by atoms with Gasteiger partial charge in [-0.25, -0.2) is 4.79 Å². The van der Waals surface area contributed by atoms with Crippen LogP contribution in [0.4, 0.5) is 4.79 Å². The van der Waals surface area contributed by atoms with Crippen LogP contribution in [0.15, 0.2) is 18.2 Å². The van der Waals surface area contributed by atoms with E-state index in [1.54, 1.807) is 0 Å².